The Morgan fingerprint density at radius 3 is 2.72 bits per heavy atom. The van der Waals surface area contributed by atoms with Crippen molar-refractivity contribution in [3.05, 3.63) is 54.6 Å². The molecule has 3 heterocycles. The number of hydrogen-bond donors (Lipinski definition) is 1. The van der Waals surface area contributed by atoms with E-state index in [0.717, 1.165) is 36.2 Å². The zero-order chi connectivity index (χ0) is 19.8. The normalized spacial score (nSPS) is 21.0. The third-order valence-electron chi connectivity index (χ3n) is 5.53. The van der Waals surface area contributed by atoms with Crippen LogP contribution in [0.15, 0.2) is 54.6 Å². The topological polar surface area (TPSA) is 76.5 Å². The van der Waals surface area contributed by atoms with Crippen LogP contribution < -0.4 is 10.2 Å². The van der Waals surface area contributed by atoms with Crippen molar-refractivity contribution in [1.82, 2.24) is 9.55 Å². The van der Waals surface area contributed by atoms with Gasteiger partial charge in [-0.25, -0.2) is 4.98 Å². The SMILES string of the molecule is O=C(CC1C(=O)N(CC2CCCO2)c2nc3ccccc3n21)Nc1ccccc1. The van der Waals surface area contributed by atoms with Crippen LogP contribution in [0, 0.1) is 0 Å². The third-order valence-corrected chi connectivity index (χ3v) is 5.53. The molecule has 7 heteroatoms. The first kappa shape index (κ1) is 17.9. The minimum absolute atomic E-state index is 0.0177. The number of amides is 2. The van der Waals surface area contributed by atoms with Crippen LogP contribution in [0.5, 0.6) is 0 Å². The van der Waals surface area contributed by atoms with E-state index in [9.17, 15) is 9.59 Å². The van der Waals surface area contributed by atoms with Gasteiger partial charge in [0.05, 0.1) is 30.1 Å². The summed E-state index contributed by atoms with van der Waals surface area (Å²) in [5.74, 6) is 0.304. The quantitative estimate of drug-likeness (QED) is 0.726. The number of benzene rings is 2. The molecule has 1 saturated heterocycles. The van der Waals surface area contributed by atoms with Crippen molar-refractivity contribution in [2.45, 2.75) is 31.4 Å². The third kappa shape index (κ3) is 3.27. The highest BCUT2D eigenvalue weighted by Gasteiger charge is 2.42. The van der Waals surface area contributed by atoms with Gasteiger partial charge in [0.25, 0.3) is 5.91 Å². The molecule has 0 bridgehead atoms. The molecule has 1 fully saturated rings. The summed E-state index contributed by atoms with van der Waals surface area (Å²) in [7, 11) is 0. The fraction of sp³-hybridized carbons (Fsp3) is 0.318. The van der Waals surface area contributed by atoms with Crippen LogP contribution in [-0.2, 0) is 14.3 Å². The first-order valence-corrected chi connectivity index (χ1v) is 9.95. The van der Waals surface area contributed by atoms with E-state index in [1.807, 2.05) is 59.2 Å². The highest BCUT2D eigenvalue weighted by atomic mass is 16.5. The number of nitrogens with one attached hydrogen (secondary N) is 1. The number of rotatable bonds is 5. The lowest BCUT2D eigenvalue weighted by Crippen LogP contribution is -2.37. The number of carbonyl (C=O) groups is 2. The van der Waals surface area contributed by atoms with E-state index < -0.39 is 6.04 Å². The van der Waals surface area contributed by atoms with Crippen molar-refractivity contribution in [3.63, 3.8) is 0 Å². The Kier molecular flexibility index (Phi) is 4.52. The molecule has 5 rings (SSSR count). The van der Waals surface area contributed by atoms with Gasteiger partial charge in [0, 0.05) is 12.3 Å². The van der Waals surface area contributed by atoms with Crippen molar-refractivity contribution >= 4 is 34.5 Å². The van der Waals surface area contributed by atoms with E-state index in [0.29, 0.717) is 12.5 Å². The average Bonchev–Trinajstić information content (AvgIpc) is 3.43. The number of aromatic nitrogens is 2. The largest absolute Gasteiger partial charge is 0.376 e. The van der Waals surface area contributed by atoms with Gasteiger partial charge in [-0.2, -0.15) is 0 Å². The Morgan fingerprint density at radius 1 is 1.14 bits per heavy atom. The van der Waals surface area contributed by atoms with Crippen LogP contribution in [0.1, 0.15) is 25.3 Å². The standard InChI is InChI=1S/C22H22N4O3/c27-20(23-15-7-2-1-3-8-15)13-19-21(28)25(14-16-9-6-12-29-16)22-24-17-10-4-5-11-18(17)26(19)22/h1-5,7-8,10-11,16,19H,6,9,12-14H2,(H,23,27). The number of nitrogens with zero attached hydrogens (tertiary/aromatic N) is 3. The predicted octanol–water partition coefficient (Wildman–Crippen LogP) is 3.13. The number of ether oxygens (including phenoxy) is 1. The van der Waals surface area contributed by atoms with E-state index >= 15 is 0 Å². The summed E-state index contributed by atoms with van der Waals surface area (Å²) in [6.07, 6.45) is 2.02. The number of anilines is 2. The lowest BCUT2D eigenvalue weighted by atomic mass is 10.1. The van der Waals surface area contributed by atoms with Crippen LogP contribution in [0.25, 0.3) is 11.0 Å². The lowest BCUT2D eigenvalue weighted by Gasteiger charge is -2.19. The predicted molar refractivity (Wildman–Crippen MR) is 110 cm³/mol. The van der Waals surface area contributed by atoms with Gasteiger partial charge in [0.1, 0.15) is 6.04 Å². The summed E-state index contributed by atoms with van der Waals surface area (Å²) in [5.41, 5.74) is 2.40. The zero-order valence-corrected chi connectivity index (χ0v) is 16.0. The summed E-state index contributed by atoms with van der Waals surface area (Å²) in [4.78, 5) is 32.3. The van der Waals surface area contributed by atoms with Gasteiger partial charge in [-0.05, 0) is 37.1 Å². The fourth-order valence-electron chi connectivity index (χ4n) is 4.17. The maximum atomic E-state index is 13.3. The molecule has 2 aliphatic rings. The summed E-state index contributed by atoms with van der Waals surface area (Å²) < 4.78 is 7.64. The average molecular weight is 390 g/mol. The van der Waals surface area contributed by atoms with Gasteiger partial charge in [0.15, 0.2) is 0 Å². The molecule has 2 aromatic carbocycles. The number of fused-ring (bicyclic) bond motifs is 3. The van der Waals surface area contributed by atoms with Gasteiger partial charge in [-0.3, -0.25) is 19.1 Å². The molecule has 0 radical (unpaired) electrons. The minimum atomic E-state index is -0.609. The summed E-state index contributed by atoms with van der Waals surface area (Å²) in [6, 6.07) is 16.4. The molecule has 0 saturated carbocycles. The van der Waals surface area contributed by atoms with Crippen molar-refractivity contribution in [2.24, 2.45) is 0 Å². The highest BCUT2D eigenvalue weighted by Crippen LogP contribution is 2.37. The molecule has 3 aromatic rings. The van der Waals surface area contributed by atoms with Crippen LogP contribution >= 0.6 is 0 Å². The molecule has 2 atom stereocenters. The molecular formula is C22H22N4O3. The molecular weight excluding hydrogens is 368 g/mol. The molecule has 2 amide bonds. The Bertz CT molecular complexity index is 1060. The molecule has 0 aliphatic carbocycles. The Labute approximate surface area is 168 Å². The van der Waals surface area contributed by atoms with E-state index in [1.165, 1.54) is 0 Å². The van der Waals surface area contributed by atoms with Crippen molar-refractivity contribution in [2.75, 3.05) is 23.4 Å². The van der Waals surface area contributed by atoms with E-state index in [-0.39, 0.29) is 24.3 Å². The molecule has 1 aromatic heterocycles. The summed E-state index contributed by atoms with van der Waals surface area (Å²) in [5, 5.41) is 2.88. The van der Waals surface area contributed by atoms with E-state index in [1.54, 1.807) is 4.90 Å². The second kappa shape index (κ2) is 7.33. The Balaban J connectivity index is 1.45. The number of carbonyl (C=O) groups excluding carboxylic acids is 2. The van der Waals surface area contributed by atoms with E-state index in [2.05, 4.69) is 10.3 Å². The van der Waals surface area contributed by atoms with Gasteiger partial charge >= 0.3 is 0 Å². The molecule has 1 N–H and O–H groups in total. The Morgan fingerprint density at radius 2 is 1.93 bits per heavy atom. The smallest absolute Gasteiger partial charge is 0.253 e. The van der Waals surface area contributed by atoms with E-state index in [4.69, 9.17) is 4.74 Å². The van der Waals surface area contributed by atoms with Gasteiger partial charge in [-0.1, -0.05) is 30.3 Å². The Hall–Kier alpha value is -3.19. The zero-order valence-electron chi connectivity index (χ0n) is 16.0. The van der Waals surface area contributed by atoms with Crippen LogP contribution in [0.3, 0.4) is 0 Å². The molecule has 2 unspecified atom stereocenters. The van der Waals surface area contributed by atoms with Crippen LogP contribution in [-0.4, -0.2) is 40.6 Å². The van der Waals surface area contributed by atoms with Crippen LogP contribution in [0.2, 0.25) is 0 Å². The highest BCUT2D eigenvalue weighted by molar-refractivity contribution is 6.05. The summed E-state index contributed by atoms with van der Waals surface area (Å²) >= 11 is 0. The van der Waals surface area contributed by atoms with Gasteiger partial charge in [-0.15, -0.1) is 0 Å². The van der Waals surface area contributed by atoms with Crippen molar-refractivity contribution < 1.29 is 14.3 Å². The molecule has 2 aliphatic heterocycles. The molecule has 0 spiro atoms. The van der Waals surface area contributed by atoms with Crippen LogP contribution in [0.4, 0.5) is 11.6 Å². The number of para-hydroxylation sites is 3. The molecule has 7 nitrogen and oxygen atoms in total. The van der Waals surface area contributed by atoms with Gasteiger partial charge < -0.3 is 10.1 Å². The summed E-state index contributed by atoms with van der Waals surface area (Å²) in [6.45, 7) is 1.20. The monoisotopic (exact) mass is 390 g/mol. The second-order valence-corrected chi connectivity index (χ2v) is 7.49. The number of hydrogen-bond acceptors (Lipinski definition) is 4. The maximum Gasteiger partial charge on any atom is 0.253 e. The minimum Gasteiger partial charge on any atom is -0.376 e. The molecule has 148 valence electrons. The first-order valence-electron chi connectivity index (χ1n) is 9.95. The van der Waals surface area contributed by atoms with Crippen molar-refractivity contribution in [1.29, 1.82) is 0 Å². The fourth-order valence-corrected chi connectivity index (χ4v) is 4.17. The maximum absolute atomic E-state index is 13.3. The first-order chi connectivity index (χ1) is 14.2. The second-order valence-electron chi connectivity index (χ2n) is 7.49. The lowest BCUT2D eigenvalue weighted by molar-refractivity contribution is -0.124. The number of imidazole rings is 1. The van der Waals surface area contributed by atoms with Crippen molar-refractivity contribution in [3.8, 4) is 0 Å². The van der Waals surface area contributed by atoms with Gasteiger partial charge in [0.2, 0.25) is 11.9 Å². The molecule has 29 heavy (non-hydrogen) atoms.